The molecule has 0 saturated heterocycles. The summed E-state index contributed by atoms with van der Waals surface area (Å²) in [6, 6.07) is 9.41. The van der Waals surface area contributed by atoms with Gasteiger partial charge in [-0.15, -0.1) is 0 Å². The number of rotatable bonds is 3. The molecule has 0 fully saturated rings. The number of carbonyl (C=O) groups excluding carboxylic acids is 1. The van der Waals surface area contributed by atoms with Crippen molar-refractivity contribution in [1.29, 1.82) is 0 Å². The van der Waals surface area contributed by atoms with Gasteiger partial charge in [0.2, 0.25) is 0 Å². The lowest BCUT2D eigenvalue weighted by Gasteiger charge is -2.05. The molecular formula is C9H11N2O2. The minimum atomic E-state index is -0.319. The molecule has 0 spiro atoms. The van der Waals surface area contributed by atoms with Gasteiger partial charge in [0.1, 0.15) is 0 Å². The van der Waals surface area contributed by atoms with Crippen LogP contribution in [0.2, 0.25) is 0 Å². The molecule has 0 saturated carbocycles. The molecule has 0 aliphatic carbocycles. The van der Waals surface area contributed by atoms with Crippen LogP contribution in [0.25, 0.3) is 0 Å². The van der Waals surface area contributed by atoms with Crippen LogP contribution in [0.15, 0.2) is 24.3 Å². The highest BCUT2D eigenvalue weighted by Crippen LogP contribution is 2.03. The zero-order valence-corrected chi connectivity index (χ0v) is 7.08. The van der Waals surface area contributed by atoms with E-state index in [1.54, 1.807) is 24.3 Å². The van der Waals surface area contributed by atoms with Gasteiger partial charge in [-0.05, 0) is 18.2 Å². The molecular weight excluding hydrogens is 168 g/mol. The molecule has 0 aromatic heterocycles. The Balaban J connectivity index is 2.37. The Morgan fingerprint density at radius 2 is 2.15 bits per heavy atom. The average Bonchev–Trinajstić information content (AvgIpc) is 2.16. The summed E-state index contributed by atoms with van der Waals surface area (Å²) in [4.78, 5) is 11.0. The first-order chi connectivity index (χ1) is 6.33. The molecule has 4 nitrogen and oxygen atoms in total. The number of nitrogens with one attached hydrogen (secondary N) is 2. The molecule has 0 bridgehead atoms. The molecule has 1 radical (unpaired) electrons. The summed E-state index contributed by atoms with van der Waals surface area (Å²) in [5, 5.41) is 13.5. The zero-order chi connectivity index (χ0) is 9.52. The Hall–Kier alpha value is -1.55. The summed E-state index contributed by atoms with van der Waals surface area (Å²) in [6.07, 6.45) is 0. The highest BCUT2D eigenvalue weighted by Gasteiger charge is 1.97. The van der Waals surface area contributed by atoms with Crippen molar-refractivity contribution < 1.29 is 9.90 Å². The van der Waals surface area contributed by atoms with Gasteiger partial charge in [0.25, 0.3) is 0 Å². The number of anilines is 1. The summed E-state index contributed by atoms with van der Waals surface area (Å²) >= 11 is 0. The van der Waals surface area contributed by atoms with Crippen LogP contribution in [0, 0.1) is 6.07 Å². The van der Waals surface area contributed by atoms with Gasteiger partial charge in [-0.2, -0.15) is 0 Å². The van der Waals surface area contributed by atoms with E-state index in [9.17, 15) is 4.79 Å². The molecule has 0 heterocycles. The first-order valence-electron chi connectivity index (χ1n) is 3.95. The van der Waals surface area contributed by atoms with Crippen LogP contribution in [-0.2, 0) is 0 Å². The maximum absolute atomic E-state index is 11.0. The highest BCUT2D eigenvalue weighted by molar-refractivity contribution is 5.89. The fourth-order valence-corrected chi connectivity index (χ4v) is 0.815. The van der Waals surface area contributed by atoms with Crippen molar-refractivity contribution in [3.05, 3.63) is 30.3 Å². The molecule has 69 valence electrons. The van der Waals surface area contributed by atoms with Gasteiger partial charge < -0.3 is 15.7 Å². The quantitative estimate of drug-likeness (QED) is 0.636. The number of hydrogen-bond donors (Lipinski definition) is 3. The van der Waals surface area contributed by atoms with Crippen LogP contribution in [-0.4, -0.2) is 24.3 Å². The van der Waals surface area contributed by atoms with Crippen molar-refractivity contribution in [3.63, 3.8) is 0 Å². The molecule has 1 rings (SSSR count). The van der Waals surface area contributed by atoms with E-state index in [1.165, 1.54) is 0 Å². The van der Waals surface area contributed by atoms with E-state index in [0.717, 1.165) is 0 Å². The van der Waals surface area contributed by atoms with E-state index in [2.05, 4.69) is 16.7 Å². The Morgan fingerprint density at radius 3 is 2.77 bits per heavy atom. The minimum Gasteiger partial charge on any atom is -0.395 e. The second-order valence-corrected chi connectivity index (χ2v) is 2.39. The van der Waals surface area contributed by atoms with E-state index in [4.69, 9.17) is 5.11 Å². The molecule has 0 unspecified atom stereocenters. The monoisotopic (exact) mass is 179 g/mol. The third-order valence-electron chi connectivity index (χ3n) is 1.37. The number of carbonyl (C=O) groups is 1. The molecule has 1 aromatic carbocycles. The molecule has 0 aliphatic heterocycles. The fourth-order valence-electron chi connectivity index (χ4n) is 0.815. The van der Waals surface area contributed by atoms with Crippen molar-refractivity contribution in [2.45, 2.75) is 0 Å². The predicted molar refractivity (Wildman–Crippen MR) is 49.4 cm³/mol. The van der Waals surface area contributed by atoms with Crippen molar-refractivity contribution >= 4 is 11.7 Å². The standard InChI is InChI=1S/C9H11N2O2/c12-7-6-10-9(13)11-8-4-2-1-3-5-8/h2-5,12H,6-7H2,(H2,10,11,13). The number of aliphatic hydroxyl groups excluding tert-OH is 1. The maximum atomic E-state index is 11.0. The Kier molecular flexibility index (Phi) is 3.78. The maximum Gasteiger partial charge on any atom is 0.319 e. The van der Waals surface area contributed by atoms with Crippen LogP contribution < -0.4 is 10.6 Å². The molecule has 2 amide bonds. The van der Waals surface area contributed by atoms with Crippen LogP contribution in [0.4, 0.5) is 10.5 Å². The highest BCUT2D eigenvalue weighted by atomic mass is 16.3. The van der Waals surface area contributed by atoms with E-state index < -0.39 is 0 Å². The topological polar surface area (TPSA) is 61.4 Å². The number of urea groups is 1. The molecule has 0 aliphatic rings. The Morgan fingerprint density at radius 1 is 1.46 bits per heavy atom. The summed E-state index contributed by atoms with van der Waals surface area (Å²) in [5.74, 6) is 0. The third-order valence-corrected chi connectivity index (χ3v) is 1.37. The second-order valence-electron chi connectivity index (χ2n) is 2.39. The molecule has 1 aromatic rings. The lowest BCUT2D eigenvalue weighted by Crippen LogP contribution is -2.30. The molecule has 13 heavy (non-hydrogen) atoms. The molecule has 3 N–H and O–H groups in total. The predicted octanol–water partition coefficient (Wildman–Crippen LogP) is 0.601. The van der Waals surface area contributed by atoms with E-state index >= 15 is 0 Å². The lowest BCUT2D eigenvalue weighted by atomic mass is 10.3. The van der Waals surface area contributed by atoms with Crippen LogP contribution >= 0.6 is 0 Å². The SMILES string of the molecule is O=C(NCCO)Nc1cc[c]cc1. The zero-order valence-electron chi connectivity index (χ0n) is 7.08. The first kappa shape index (κ1) is 9.54. The van der Waals surface area contributed by atoms with Gasteiger partial charge in [0.05, 0.1) is 6.61 Å². The number of hydrogen-bond acceptors (Lipinski definition) is 2. The van der Waals surface area contributed by atoms with Gasteiger partial charge >= 0.3 is 6.03 Å². The molecule has 4 heteroatoms. The van der Waals surface area contributed by atoms with Gasteiger partial charge in [0.15, 0.2) is 0 Å². The minimum absolute atomic E-state index is 0.0595. The summed E-state index contributed by atoms with van der Waals surface area (Å²) < 4.78 is 0. The van der Waals surface area contributed by atoms with Crippen LogP contribution in [0.3, 0.4) is 0 Å². The fraction of sp³-hybridized carbons (Fsp3) is 0.222. The van der Waals surface area contributed by atoms with E-state index in [1.807, 2.05) is 0 Å². The molecule has 0 atom stereocenters. The lowest BCUT2D eigenvalue weighted by molar-refractivity contribution is 0.245. The smallest absolute Gasteiger partial charge is 0.319 e. The van der Waals surface area contributed by atoms with Crippen molar-refractivity contribution in [3.8, 4) is 0 Å². The van der Waals surface area contributed by atoms with Crippen molar-refractivity contribution in [2.75, 3.05) is 18.5 Å². The Labute approximate surface area is 76.6 Å². The second kappa shape index (κ2) is 5.16. The van der Waals surface area contributed by atoms with Gasteiger partial charge in [-0.25, -0.2) is 4.79 Å². The van der Waals surface area contributed by atoms with Gasteiger partial charge in [-0.1, -0.05) is 12.1 Å². The number of aliphatic hydroxyl groups is 1. The summed E-state index contributed by atoms with van der Waals surface area (Å²) in [6.45, 7) is 0.195. The summed E-state index contributed by atoms with van der Waals surface area (Å²) in [5.41, 5.74) is 0.703. The van der Waals surface area contributed by atoms with Crippen LogP contribution in [0.1, 0.15) is 0 Å². The number of amides is 2. The third kappa shape index (κ3) is 3.57. The largest absolute Gasteiger partial charge is 0.395 e. The van der Waals surface area contributed by atoms with E-state index in [0.29, 0.717) is 5.69 Å². The van der Waals surface area contributed by atoms with Crippen molar-refractivity contribution in [2.24, 2.45) is 0 Å². The summed E-state index contributed by atoms with van der Waals surface area (Å²) in [7, 11) is 0. The first-order valence-corrected chi connectivity index (χ1v) is 3.95. The number of benzene rings is 1. The van der Waals surface area contributed by atoms with Gasteiger partial charge in [-0.3, -0.25) is 0 Å². The van der Waals surface area contributed by atoms with E-state index in [-0.39, 0.29) is 19.2 Å². The van der Waals surface area contributed by atoms with Crippen LogP contribution in [0.5, 0.6) is 0 Å². The normalized spacial score (nSPS) is 9.31. The average molecular weight is 179 g/mol. The van der Waals surface area contributed by atoms with Gasteiger partial charge in [0, 0.05) is 12.2 Å². The Bertz CT molecular complexity index is 262. The van der Waals surface area contributed by atoms with Crippen molar-refractivity contribution in [1.82, 2.24) is 5.32 Å².